The molecule has 1 heterocycles. The molecular formula is C21H17N3O2S. The number of carbonyl (C=O) groups excluding carboxylic acids is 1. The molecule has 0 spiro atoms. The van der Waals surface area contributed by atoms with Gasteiger partial charge in [-0.05, 0) is 36.4 Å². The van der Waals surface area contributed by atoms with E-state index in [2.05, 4.69) is 16.4 Å². The molecule has 2 aromatic carbocycles. The monoisotopic (exact) mass is 375 g/mol. The van der Waals surface area contributed by atoms with Crippen LogP contribution in [0, 0.1) is 11.3 Å². The molecule has 0 bridgehead atoms. The Morgan fingerprint density at radius 1 is 1.11 bits per heavy atom. The molecule has 1 N–H and O–H groups in total. The second-order valence-electron chi connectivity index (χ2n) is 5.59. The van der Waals surface area contributed by atoms with Gasteiger partial charge >= 0.3 is 0 Å². The van der Waals surface area contributed by atoms with Gasteiger partial charge in [-0.3, -0.25) is 4.79 Å². The normalized spacial score (nSPS) is 10.1. The van der Waals surface area contributed by atoms with E-state index in [-0.39, 0.29) is 11.7 Å². The third kappa shape index (κ3) is 4.87. The van der Waals surface area contributed by atoms with Crippen LogP contribution < -0.4 is 10.1 Å². The lowest BCUT2D eigenvalue weighted by atomic mass is 10.1. The quantitative estimate of drug-likeness (QED) is 0.648. The number of hydrogen-bond acceptors (Lipinski definition) is 5. The highest BCUT2D eigenvalue weighted by molar-refractivity contribution is 8.00. The summed E-state index contributed by atoms with van der Waals surface area (Å²) in [5, 5.41) is 12.7. The fraction of sp³-hybridized carbons (Fsp3) is 0.0952. The Bertz CT molecular complexity index is 967. The van der Waals surface area contributed by atoms with Gasteiger partial charge < -0.3 is 10.1 Å². The third-order valence-corrected chi connectivity index (χ3v) is 4.76. The molecule has 5 nitrogen and oxygen atoms in total. The molecule has 1 aromatic heterocycles. The molecule has 1 amide bonds. The zero-order valence-electron chi connectivity index (χ0n) is 14.7. The van der Waals surface area contributed by atoms with E-state index >= 15 is 0 Å². The molecule has 0 radical (unpaired) electrons. The number of nitrogens with one attached hydrogen (secondary N) is 1. The van der Waals surface area contributed by atoms with Crippen LogP contribution in [-0.4, -0.2) is 23.8 Å². The van der Waals surface area contributed by atoms with Crippen LogP contribution in [0.25, 0.3) is 11.3 Å². The molecule has 0 saturated heterocycles. The van der Waals surface area contributed by atoms with Crippen molar-refractivity contribution in [2.75, 3.05) is 18.2 Å². The van der Waals surface area contributed by atoms with Crippen molar-refractivity contribution in [1.82, 2.24) is 4.98 Å². The van der Waals surface area contributed by atoms with Gasteiger partial charge in [-0.15, -0.1) is 0 Å². The lowest BCUT2D eigenvalue weighted by Gasteiger charge is -2.08. The third-order valence-electron chi connectivity index (χ3n) is 3.76. The summed E-state index contributed by atoms with van der Waals surface area (Å²) in [4.78, 5) is 16.8. The molecular weight excluding hydrogens is 358 g/mol. The highest BCUT2D eigenvalue weighted by Crippen LogP contribution is 2.25. The highest BCUT2D eigenvalue weighted by Gasteiger charge is 2.11. The average Bonchev–Trinajstić information content (AvgIpc) is 2.73. The van der Waals surface area contributed by atoms with E-state index in [1.807, 2.05) is 36.4 Å². The van der Waals surface area contributed by atoms with Crippen LogP contribution in [0.1, 0.15) is 5.56 Å². The first kappa shape index (κ1) is 18.5. The number of amides is 1. The zero-order chi connectivity index (χ0) is 19.1. The van der Waals surface area contributed by atoms with Gasteiger partial charge in [0.05, 0.1) is 24.1 Å². The molecule has 3 rings (SSSR count). The Balaban J connectivity index is 1.69. The van der Waals surface area contributed by atoms with Gasteiger partial charge in [0.2, 0.25) is 5.91 Å². The molecule has 0 saturated carbocycles. The van der Waals surface area contributed by atoms with Crippen LogP contribution in [0.15, 0.2) is 71.8 Å². The second kappa shape index (κ2) is 8.88. The van der Waals surface area contributed by atoms with Gasteiger partial charge in [-0.25, -0.2) is 4.98 Å². The number of nitrogens with zero attached hydrogens (tertiary/aromatic N) is 2. The first-order chi connectivity index (χ1) is 13.2. The Morgan fingerprint density at radius 3 is 2.52 bits per heavy atom. The van der Waals surface area contributed by atoms with Crippen LogP contribution >= 0.6 is 11.8 Å². The van der Waals surface area contributed by atoms with Crippen molar-refractivity contribution >= 4 is 23.4 Å². The van der Waals surface area contributed by atoms with E-state index in [1.54, 1.807) is 37.4 Å². The number of anilines is 1. The van der Waals surface area contributed by atoms with Crippen LogP contribution in [-0.2, 0) is 4.79 Å². The first-order valence-corrected chi connectivity index (χ1v) is 9.21. The Hall–Kier alpha value is -3.30. The fourth-order valence-corrected chi connectivity index (χ4v) is 3.18. The SMILES string of the molecule is COc1ccc(NC(=O)CSc2nc(-c3ccccc3)ccc2C#N)cc1. The maximum Gasteiger partial charge on any atom is 0.234 e. The molecule has 3 aromatic rings. The topological polar surface area (TPSA) is 75.0 Å². The summed E-state index contributed by atoms with van der Waals surface area (Å²) in [7, 11) is 1.59. The summed E-state index contributed by atoms with van der Waals surface area (Å²) in [6.45, 7) is 0. The lowest BCUT2D eigenvalue weighted by molar-refractivity contribution is -0.113. The summed E-state index contributed by atoms with van der Waals surface area (Å²) < 4.78 is 5.10. The van der Waals surface area contributed by atoms with Gasteiger partial charge in [0.25, 0.3) is 0 Å². The average molecular weight is 375 g/mol. The number of pyridine rings is 1. The van der Waals surface area contributed by atoms with Crippen molar-refractivity contribution in [3.8, 4) is 23.1 Å². The zero-order valence-corrected chi connectivity index (χ0v) is 15.5. The van der Waals surface area contributed by atoms with E-state index in [1.165, 1.54) is 11.8 Å². The molecule has 27 heavy (non-hydrogen) atoms. The number of carbonyl (C=O) groups is 1. The molecule has 0 aliphatic carbocycles. The number of benzene rings is 2. The van der Waals surface area contributed by atoms with Crippen molar-refractivity contribution < 1.29 is 9.53 Å². The maximum absolute atomic E-state index is 12.2. The largest absolute Gasteiger partial charge is 0.497 e. The predicted octanol–water partition coefficient (Wildman–Crippen LogP) is 4.36. The summed E-state index contributed by atoms with van der Waals surface area (Å²) in [6, 6.07) is 22.5. The lowest BCUT2D eigenvalue weighted by Crippen LogP contribution is -2.14. The van der Waals surface area contributed by atoms with Gasteiger partial charge in [-0.1, -0.05) is 42.1 Å². The van der Waals surface area contributed by atoms with Crippen LogP contribution in [0.5, 0.6) is 5.75 Å². The van der Waals surface area contributed by atoms with Gasteiger partial charge in [-0.2, -0.15) is 5.26 Å². The summed E-state index contributed by atoms with van der Waals surface area (Å²) in [5.41, 5.74) is 2.88. The van der Waals surface area contributed by atoms with Crippen molar-refractivity contribution in [2.45, 2.75) is 5.03 Å². The van der Waals surface area contributed by atoms with Crippen molar-refractivity contribution in [3.63, 3.8) is 0 Å². The Labute approximate surface area is 162 Å². The highest BCUT2D eigenvalue weighted by atomic mass is 32.2. The van der Waals surface area contributed by atoms with E-state index in [0.29, 0.717) is 16.3 Å². The van der Waals surface area contributed by atoms with E-state index in [0.717, 1.165) is 17.0 Å². The minimum atomic E-state index is -0.166. The molecule has 0 atom stereocenters. The number of nitriles is 1. The van der Waals surface area contributed by atoms with Gasteiger partial charge in [0.15, 0.2) is 0 Å². The number of methoxy groups -OCH3 is 1. The number of rotatable bonds is 6. The van der Waals surface area contributed by atoms with E-state index < -0.39 is 0 Å². The van der Waals surface area contributed by atoms with Gasteiger partial charge in [0, 0.05) is 11.3 Å². The van der Waals surface area contributed by atoms with E-state index in [4.69, 9.17) is 4.74 Å². The predicted molar refractivity (Wildman–Crippen MR) is 107 cm³/mol. The molecule has 0 aliphatic heterocycles. The van der Waals surface area contributed by atoms with Crippen molar-refractivity contribution in [3.05, 3.63) is 72.3 Å². The number of thioether (sulfide) groups is 1. The summed E-state index contributed by atoms with van der Waals surface area (Å²) in [5.74, 6) is 0.718. The minimum Gasteiger partial charge on any atom is -0.497 e. The maximum atomic E-state index is 12.2. The molecule has 134 valence electrons. The summed E-state index contributed by atoms with van der Waals surface area (Å²) in [6.07, 6.45) is 0. The second-order valence-corrected chi connectivity index (χ2v) is 6.56. The Kier molecular flexibility index (Phi) is 6.08. The van der Waals surface area contributed by atoms with E-state index in [9.17, 15) is 10.1 Å². The minimum absolute atomic E-state index is 0.159. The van der Waals surface area contributed by atoms with Gasteiger partial charge in [0.1, 0.15) is 16.8 Å². The van der Waals surface area contributed by atoms with Crippen LogP contribution in [0.4, 0.5) is 5.69 Å². The molecule has 0 fully saturated rings. The van der Waals surface area contributed by atoms with Crippen LogP contribution in [0.3, 0.4) is 0 Å². The Morgan fingerprint density at radius 2 is 1.85 bits per heavy atom. The summed E-state index contributed by atoms with van der Waals surface area (Å²) >= 11 is 1.25. The van der Waals surface area contributed by atoms with Crippen molar-refractivity contribution in [1.29, 1.82) is 5.26 Å². The molecule has 0 aliphatic rings. The number of aromatic nitrogens is 1. The van der Waals surface area contributed by atoms with Crippen LogP contribution in [0.2, 0.25) is 0 Å². The number of hydrogen-bond donors (Lipinski definition) is 1. The first-order valence-electron chi connectivity index (χ1n) is 8.23. The number of ether oxygens (including phenoxy) is 1. The standard InChI is InChI=1S/C21H17N3O2S/c1-26-18-10-8-17(9-11-18)23-20(25)14-27-21-16(13-22)7-12-19(24-21)15-5-3-2-4-6-15/h2-12H,14H2,1H3,(H,23,25). The smallest absolute Gasteiger partial charge is 0.234 e. The van der Waals surface area contributed by atoms with Crippen molar-refractivity contribution in [2.24, 2.45) is 0 Å². The fourth-order valence-electron chi connectivity index (χ4n) is 2.41. The molecule has 6 heteroatoms. The molecule has 0 unspecified atom stereocenters.